The van der Waals surface area contributed by atoms with Crippen LogP contribution in [0, 0.1) is 0 Å². The lowest BCUT2D eigenvalue weighted by Crippen LogP contribution is -2.37. The smallest absolute Gasteiger partial charge is 0.241 e. The first kappa shape index (κ1) is 11.7. The average Bonchev–Trinajstić information content (AvgIpc) is 1.82. The van der Waals surface area contributed by atoms with Gasteiger partial charge >= 0.3 is 0 Å². The quantitative estimate of drug-likeness (QED) is 0.177. The largest absolute Gasteiger partial charge is 0.549 e. The van der Waals surface area contributed by atoms with Crippen LogP contribution in [0.3, 0.4) is 0 Å². The summed E-state index contributed by atoms with van der Waals surface area (Å²) < 4.78 is 4.95. The van der Waals surface area contributed by atoms with E-state index in [1.54, 1.807) is 19.6 Å². The van der Waals surface area contributed by atoms with Crippen LogP contribution >= 0.6 is 0 Å². The molecule has 0 unspecified atom stereocenters. The molecule has 0 N–H and O–H groups in total. The number of hydrogen-bond donors (Lipinski definition) is 0. The van der Waals surface area contributed by atoms with Crippen molar-refractivity contribution in [3.05, 3.63) is 11.8 Å². The van der Waals surface area contributed by atoms with Crippen LogP contribution in [-0.2, 0) is 14.0 Å². The summed E-state index contributed by atoms with van der Waals surface area (Å²) in [5.74, 6) is -3.61. The second-order valence-electron chi connectivity index (χ2n) is 3.34. The fourth-order valence-corrected chi connectivity index (χ4v) is 0.887. The summed E-state index contributed by atoms with van der Waals surface area (Å²) in [7, 11) is -1.97. The van der Waals surface area contributed by atoms with Gasteiger partial charge in [-0.1, -0.05) is 0 Å². The summed E-state index contributed by atoms with van der Waals surface area (Å²) in [6, 6.07) is 0. The molecule has 0 rings (SSSR count). The van der Waals surface area contributed by atoms with Crippen LogP contribution < -0.4 is 10.2 Å². The normalized spacial score (nSPS) is 10.4. The van der Waals surface area contributed by atoms with E-state index < -0.39 is 25.8 Å². The average molecular weight is 202 g/mol. The van der Waals surface area contributed by atoms with Gasteiger partial charge in [0.1, 0.15) is 0 Å². The topological polar surface area (TPSA) is 89.5 Å². The summed E-state index contributed by atoms with van der Waals surface area (Å²) >= 11 is 0. The van der Waals surface area contributed by atoms with Gasteiger partial charge in [0.25, 0.3) is 0 Å². The summed E-state index contributed by atoms with van der Waals surface area (Å²) in [6.45, 7) is 5.35. The number of carbonyl (C=O) groups excluding carboxylic acids is 2. The zero-order valence-electron chi connectivity index (χ0n) is 7.62. The van der Waals surface area contributed by atoms with Gasteiger partial charge in [-0.15, -0.1) is 0 Å². The van der Waals surface area contributed by atoms with E-state index in [0.29, 0.717) is 6.26 Å². The highest BCUT2D eigenvalue weighted by Gasteiger charge is 2.14. The number of carboxylic acid groups (broad SMARTS) is 2. The first-order valence-electron chi connectivity index (χ1n) is 3.54. The molecule has 13 heavy (non-hydrogen) atoms. The first-order valence-corrected chi connectivity index (χ1v) is 6.95. The van der Waals surface area contributed by atoms with Crippen LogP contribution in [0.2, 0.25) is 19.6 Å². The van der Waals surface area contributed by atoms with Crippen molar-refractivity contribution < 1.29 is 24.2 Å². The number of aliphatic carboxylic acids is 2. The highest BCUT2D eigenvalue weighted by molar-refractivity contribution is 6.69. The maximum atomic E-state index is 10.2. The summed E-state index contributed by atoms with van der Waals surface area (Å²) in [6.07, 6.45) is 0.677. The van der Waals surface area contributed by atoms with Crippen molar-refractivity contribution in [2.45, 2.75) is 19.6 Å². The molecule has 0 saturated carbocycles. The van der Waals surface area contributed by atoms with Gasteiger partial charge in [0.2, 0.25) is 8.32 Å². The third-order valence-electron chi connectivity index (χ3n) is 0.970. The van der Waals surface area contributed by atoms with E-state index in [1.807, 2.05) is 0 Å². The van der Waals surface area contributed by atoms with Gasteiger partial charge in [0, 0.05) is 0 Å². The molecular formula is C7H10O5Si-2. The number of hydrogen-bond acceptors (Lipinski definition) is 5. The van der Waals surface area contributed by atoms with Crippen LogP contribution in [0.4, 0.5) is 0 Å². The van der Waals surface area contributed by atoms with E-state index in [1.165, 1.54) is 0 Å². The number of rotatable bonds is 4. The Kier molecular flexibility index (Phi) is 3.67. The van der Waals surface area contributed by atoms with E-state index in [4.69, 9.17) is 4.43 Å². The Morgan fingerprint density at radius 3 is 1.77 bits per heavy atom. The van der Waals surface area contributed by atoms with Crippen molar-refractivity contribution in [3.63, 3.8) is 0 Å². The molecule has 0 aliphatic carbocycles. The van der Waals surface area contributed by atoms with Gasteiger partial charge in [0.15, 0.2) is 0 Å². The lowest BCUT2D eigenvalue weighted by Gasteiger charge is -2.17. The summed E-state index contributed by atoms with van der Waals surface area (Å²) in [5.41, 5.74) is -0.970. The molecule has 0 amide bonds. The fraction of sp³-hybridized carbons (Fsp3) is 0.429. The van der Waals surface area contributed by atoms with Crippen molar-refractivity contribution in [1.29, 1.82) is 0 Å². The zero-order valence-corrected chi connectivity index (χ0v) is 8.62. The van der Waals surface area contributed by atoms with E-state index in [2.05, 4.69) is 0 Å². The molecule has 0 aromatic carbocycles. The molecule has 0 aromatic heterocycles. The van der Waals surface area contributed by atoms with Gasteiger partial charge in [-0.2, -0.15) is 0 Å². The Labute approximate surface area is 76.8 Å². The highest BCUT2D eigenvalue weighted by atomic mass is 28.4. The fourth-order valence-electron chi connectivity index (χ4n) is 0.415. The van der Waals surface area contributed by atoms with Gasteiger partial charge in [-0.25, -0.2) is 0 Å². The predicted octanol–water partition coefficient (Wildman–Crippen LogP) is -1.78. The Hall–Kier alpha value is -1.30. The molecule has 0 fully saturated rings. The summed E-state index contributed by atoms with van der Waals surface area (Å²) in [4.78, 5) is 20.4. The van der Waals surface area contributed by atoms with Crippen LogP contribution in [0.15, 0.2) is 11.8 Å². The first-order chi connectivity index (χ1) is 5.74. The number of carboxylic acids is 2. The van der Waals surface area contributed by atoms with E-state index in [9.17, 15) is 19.8 Å². The van der Waals surface area contributed by atoms with E-state index in [-0.39, 0.29) is 0 Å². The van der Waals surface area contributed by atoms with Crippen molar-refractivity contribution in [1.82, 2.24) is 0 Å². The highest BCUT2D eigenvalue weighted by Crippen LogP contribution is 2.04. The molecule has 0 saturated heterocycles. The molecule has 0 bridgehead atoms. The Balaban J connectivity index is 4.57. The Morgan fingerprint density at radius 2 is 1.54 bits per heavy atom. The van der Waals surface area contributed by atoms with Crippen molar-refractivity contribution in [3.8, 4) is 0 Å². The van der Waals surface area contributed by atoms with Crippen LogP contribution in [0.5, 0.6) is 0 Å². The van der Waals surface area contributed by atoms with Gasteiger partial charge in [0.05, 0.1) is 23.8 Å². The molecule has 0 heterocycles. The second-order valence-corrected chi connectivity index (χ2v) is 7.80. The minimum absolute atomic E-state index is 0.677. The molecule has 0 radical (unpaired) electrons. The van der Waals surface area contributed by atoms with Crippen LogP contribution in [0.1, 0.15) is 0 Å². The maximum absolute atomic E-state index is 10.2. The van der Waals surface area contributed by atoms with Crippen LogP contribution in [0.25, 0.3) is 0 Å². The summed E-state index contributed by atoms with van der Waals surface area (Å²) in [5, 5.41) is 20.4. The molecule has 0 aliphatic heterocycles. The molecule has 0 atom stereocenters. The third kappa shape index (κ3) is 5.02. The van der Waals surface area contributed by atoms with Gasteiger partial charge < -0.3 is 24.2 Å². The Bertz CT molecular complexity index is 234. The third-order valence-corrected chi connectivity index (χ3v) is 1.80. The van der Waals surface area contributed by atoms with Crippen molar-refractivity contribution >= 4 is 20.3 Å². The number of carbonyl (C=O) groups is 2. The lowest BCUT2D eigenvalue weighted by atomic mass is 10.3. The molecular weight excluding hydrogens is 192 g/mol. The molecule has 74 valence electrons. The Morgan fingerprint density at radius 1 is 1.15 bits per heavy atom. The van der Waals surface area contributed by atoms with Crippen molar-refractivity contribution in [2.24, 2.45) is 0 Å². The lowest BCUT2D eigenvalue weighted by molar-refractivity contribution is -0.312. The zero-order chi connectivity index (χ0) is 10.6. The predicted molar refractivity (Wildman–Crippen MR) is 42.5 cm³/mol. The standard InChI is InChI=1S/C7H12O5Si/c1-13(2,3)12-4-5(6(8)9)7(10)11/h4H,1-3H3,(H,8,9)(H,10,11)/p-2. The molecule has 0 aromatic rings. The minimum atomic E-state index is -1.97. The van der Waals surface area contributed by atoms with E-state index in [0.717, 1.165) is 0 Å². The monoisotopic (exact) mass is 202 g/mol. The molecule has 6 heteroatoms. The second kappa shape index (κ2) is 4.08. The maximum Gasteiger partial charge on any atom is 0.241 e. The van der Waals surface area contributed by atoms with Gasteiger partial charge in [-0.3, -0.25) is 0 Å². The van der Waals surface area contributed by atoms with E-state index >= 15 is 0 Å². The molecule has 0 spiro atoms. The van der Waals surface area contributed by atoms with Gasteiger partial charge in [-0.05, 0) is 19.6 Å². The molecule has 5 nitrogen and oxygen atoms in total. The van der Waals surface area contributed by atoms with Crippen LogP contribution in [-0.4, -0.2) is 20.3 Å². The van der Waals surface area contributed by atoms with Crippen molar-refractivity contribution in [2.75, 3.05) is 0 Å². The SMILES string of the molecule is C[Si](C)(C)OC=C(C(=O)[O-])C(=O)[O-]. The molecule has 0 aliphatic rings. The minimum Gasteiger partial charge on any atom is -0.549 e.